The highest BCUT2D eigenvalue weighted by atomic mass is 35.5. The standard InChI is InChI=1S/C24H23ClF2N6O/c1-13(32-23-20-22(29-11-28-20)30-12-31-23)16-10-17(25)24(2,27)21(33-8-4-7-18(33)34)19(16)14-5-3-6-15(26)9-14/h3,5-6,9-13,21H,4,7-8H2,1-2H3,(H2,28,29,30,31,32). The van der Waals surface area contributed by atoms with Gasteiger partial charge < -0.3 is 15.2 Å². The van der Waals surface area contributed by atoms with Gasteiger partial charge in [-0.25, -0.2) is 23.7 Å². The first-order valence-corrected chi connectivity index (χ1v) is 11.4. The maximum Gasteiger partial charge on any atom is 0.223 e. The Morgan fingerprint density at radius 2 is 2.15 bits per heavy atom. The van der Waals surface area contributed by atoms with Gasteiger partial charge in [0.05, 0.1) is 23.4 Å². The van der Waals surface area contributed by atoms with E-state index in [9.17, 15) is 9.18 Å². The number of alkyl halides is 1. The van der Waals surface area contributed by atoms with Crippen LogP contribution in [0, 0.1) is 5.82 Å². The van der Waals surface area contributed by atoms with Gasteiger partial charge in [-0.2, -0.15) is 0 Å². The molecule has 2 aliphatic rings. The molecule has 1 amide bonds. The number of hydrogen-bond donors (Lipinski definition) is 2. The van der Waals surface area contributed by atoms with E-state index >= 15 is 4.39 Å². The Kier molecular flexibility index (Phi) is 5.59. The number of nitrogens with one attached hydrogen (secondary N) is 2. The summed E-state index contributed by atoms with van der Waals surface area (Å²) in [6.45, 7) is 3.65. The minimum absolute atomic E-state index is 0.0182. The molecule has 3 atom stereocenters. The number of anilines is 1. The van der Waals surface area contributed by atoms with Gasteiger partial charge in [0.25, 0.3) is 0 Å². The van der Waals surface area contributed by atoms with Gasteiger partial charge in [0.2, 0.25) is 5.91 Å². The van der Waals surface area contributed by atoms with Crippen LogP contribution in [-0.2, 0) is 4.79 Å². The average molecular weight is 485 g/mol. The molecule has 34 heavy (non-hydrogen) atoms. The van der Waals surface area contributed by atoms with E-state index in [1.54, 1.807) is 18.2 Å². The van der Waals surface area contributed by atoms with Crippen molar-refractivity contribution in [2.24, 2.45) is 0 Å². The fraction of sp³-hybridized carbons (Fsp3) is 0.333. The van der Waals surface area contributed by atoms with Crippen LogP contribution in [0.5, 0.6) is 0 Å². The number of carbonyl (C=O) groups is 1. The van der Waals surface area contributed by atoms with E-state index in [0.29, 0.717) is 53.1 Å². The van der Waals surface area contributed by atoms with Crippen molar-refractivity contribution in [2.75, 3.05) is 11.9 Å². The Morgan fingerprint density at radius 3 is 2.88 bits per heavy atom. The second-order valence-electron chi connectivity index (χ2n) is 8.73. The van der Waals surface area contributed by atoms with Crippen LogP contribution in [-0.4, -0.2) is 55.0 Å². The molecule has 3 aromatic rings. The number of fused-ring (bicyclic) bond motifs is 1. The third kappa shape index (κ3) is 3.73. The summed E-state index contributed by atoms with van der Waals surface area (Å²) in [7, 11) is 0. The summed E-state index contributed by atoms with van der Waals surface area (Å²) in [4.78, 5) is 29.9. The number of amides is 1. The van der Waals surface area contributed by atoms with Gasteiger partial charge in [-0.15, -0.1) is 0 Å². The Hall–Kier alpha value is -3.33. The van der Waals surface area contributed by atoms with Crippen LogP contribution in [0.15, 0.2) is 53.6 Å². The van der Waals surface area contributed by atoms with E-state index in [1.807, 2.05) is 6.92 Å². The Labute approximate surface area is 199 Å². The summed E-state index contributed by atoms with van der Waals surface area (Å²) in [6.07, 6.45) is 5.46. The first-order chi connectivity index (χ1) is 16.3. The molecule has 1 aromatic carbocycles. The summed E-state index contributed by atoms with van der Waals surface area (Å²) in [5.41, 5.74) is 0.721. The molecule has 0 saturated carbocycles. The number of rotatable bonds is 5. The van der Waals surface area contributed by atoms with Gasteiger partial charge in [-0.1, -0.05) is 23.7 Å². The van der Waals surface area contributed by atoms with Crippen molar-refractivity contribution in [3.05, 3.63) is 65.0 Å². The lowest BCUT2D eigenvalue weighted by Gasteiger charge is -2.43. The summed E-state index contributed by atoms with van der Waals surface area (Å²) in [5.74, 6) is -0.0929. The summed E-state index contributed by atoms with van der Waals surface area (Å²) < 4.78 is 30.5. The number of H-pyrrole nitrogens is 1. The number of aromatic amines is 1. The first kappa shape index (κ1) is 22.5. The number of benzene rings is 1. The minimum Gasteiger partial charge on any atom is -0.362 e. The van der Waals surface area contributed by atoms with Crippen molar-refractivity contribution in [1.29, 1.82) is 0 Å². The zero-order valence-corrected chi connectivity index (χ0v) is 19.4. The summed E-state index contributed by atoms with van der Waals surface area (Å²) >= 11 is 6.50. The van der Waals surface area contributed by atoms with Crippen LogP contribution in [0.25, 0.3) is 16.7 Å². The topological polar surface area (TPSA) is 86.8 Å². The highest BCUT2D eigenvalue weighted by Gasteiger charge is 2.50. The Bertz CT molecular complexity index is 1330. The van der Waals surface area contributed by atoms with E-state index in [0.717, 1.165) is 0 Å². The Balaban J connectivity index is 1.68. The molecule has 1 saturated heterocycles. The molecule has 1 aliphatic carbocycles. The lowest BCUT2D eigenvalue weighted by atomic mass is 9.77. The highest BCUT2D eigenvalue weighted by Crippen LogP contribution is 2.47. The van der Waals surface area contributed by atoms with E-state index in [2.05, 4.69) is 25.3 Å². The quantitative estimate of drug-likeness (QED) is 0.552. The second-order valence-corrected chi connectivity index (χ2v) is 9.14. The third-order valence-corrected chi connectivity index (χ3v) is 6.93. The van der Waals surface area contributed by atoms with Gasteiger partial charge in [-0.3, -0.25) is 4.79 Å². The molecule has 0 bridgehead atoms. The predicted octanol–water partition coefficient (Wildman–Crippen LogP) is 4.60. The molecule has 0 spiro atoms. The van der Waals surface area contributed by atoms with Crippen molar-refractivity contribution < 1.29 is 13.6 Å². The molecule has 10 heteroatoms. The maximum atomic E-state index is 16.2. The lowest BCUT2D eigenvalue weighted by molar-refractivity contribution is -0.130. The summed E-state index contributed by atoms with van der Waals surface area (Å²) in [5, 5.41) is 3.30. The van der Waals surface area contributed by atoms with Crippen molar-refractivity contribution in [1.82, 2.24) is 24.8 Å². The van der Waals surface area contributed by atoms with Gasteiger partial charge in [0.15, 0.2) is 17.1 Å². The van der Waals surface area contributed by atoms with Crippen LogP contribution >= 0.6 is 11.6 Å². The van der Waals surface area contributed by atoms with Crippen molar-refractivity contribution in [3.8, 4) is 0 Å². The van der Waals surface area contributed by atoms with Crippen LogP contribution in [0.4, 0.5) is 14.6 Å². The molecule has 2 N–H and O–H groups in total. The van der Waals surface area contributed by atoms with Gasteiger partial charge in [0.1, 0.15) is 17.7 Å². The van der Waals surface area contributed by atoms with E-state index in [-0.39, 0.29) is 10.9 Å². The number of carbonyl (C=O) groups excluding carboxylic acids is 1. The number of nitrogens with zero attached hydrogens (tertiary/aromatic N) is 4. The zero-order valence-electron chi connectivity index (χ0n) is 18.6. The molecular formula is C24H23ClF2N6O. The molecule has 176 valence electrons. The number of halogens is 3. The molecule has 2 aromatic heterocycles. The van der Waals surface area contributed by atoms with Gasteiger partial charge in [-0.05, 0) is 55.2 Å². The van der Waals surface area contributed by atoms with Crippen LogP contribution in [0.2, 0.25) is 0 Å². The lowest BCUT2D eigenvalue weighted by Crippen LogP contribution is -2.52. The maximum absolute atomic E-state index is 16.2. The average Bonchev–Trinajstić information content (AvgIpc) is 3.44. The van der Waals surface area contributed by atoms with E-state index < -0.39 is 23.6 Å². The van der Waals surface area contributed by atoms with Crippen molar-refractivity contribution >= 4 is 40.1 Å². The molecule has 5 rings (SSSR count). The van der Waals surface area contributed by atoms with Gasteiger partial charge in [0, 0.05) is 13.0 Å². The molecule has 0 radical (unpaired) electrons. The van der Waals surface area contributed by atoms with E-state index in [4.69, 9.17) is 11.6 Å². The first-order valence-electron chi connectivity index (χ1n) is 11.0. The monoisotopic (exact) mass is 484 g/mol. The molecule has 1 aliphatic heterocycles. The molecule has 3 heterocycles. The number of aromatic nitrogens is 4. The smallest absolute Gasteiger partial charge is 0.223 e. The Morgan fingerprint density at radius 1 is 1.32 bits per heavy atom. The van der Waals surface area contributed by atoms with Crippen molar-refractivity contribution in [3.63, 3.8) is 0 Å². The molecular weight excluding hydrogens is 462 g/mol. The van der Waals surface area contributed by atoms with Gasteiger partial charge >= 0.3 is 0 Å². The number of imidazole rings is 1. The SMILES string of the molecule is CC(Nc1ncnc2nc[nH]c12)C1=C(c2cccc(F)c2)C(N2CCCC2=O)C(C)(F)C(Cl)=C1. The predicted molar refractivity (Wildman–Crippen MR) is 126 cm³/mol. The van der Waals surface area contributed by atoms with Crippen molar-refractivity contribution in [2.45, 2.75) is 44.4 Å². The molecule has 3 unspecified atom stereocenters. The fourth-order valence-corrected chi connectivity index (χ4v) is 5.02. The number of hydrogen-bond acceptors (Lipinski definition) is 5. The summed E-state index contributed by atoms with van der Waals surface area (Å²) in [6, 6.07) is 4.56. The largest absolute Gasteiger partial charge is 0.362 e. The third-order valence-electron chi connectivity index (χ3n) is 6.45. The van der Waals surface area contributed by atoms with Crippen LogP contribution in [0.1, 0.15) is 32.3 Å². The minimum atomic E-state index is -2.04. The highest BCUT2D eigenvalue weighted by molar-refractivity contribution is 6.31. The normalized spacial score (nSPS) is 24.0. The van der Waals surface area contributed by atoms with E-state index in [1.165, 1.54) is 36.6 Å². The zero-order chi connectivity index (χ0) is 24.0. The second kappa shape index (κ2) is 8.47. The van der Waals surface area contributed by atoms with Crippen LogP contribution < -0.4 is 5.32 Å². The molecule has 1 fully saturated rings. The fourth-order valence-electron chi connectivity index (χ4n) is 4.80. The molecule has 7 nitrogen and oxygen atoms in total. The van der Waals surface area contributed by atoms with Crippen LogP contribution in [0.3, 0.4) is 0 Å². The number of likely N-dealkylation sites (tertiary alicyclic amines) is 1.